The number of aromatic nitrogens is 2. The molecule has 0 bridgehead atoms. The number of halogens is 3. The smallest absolute Gasteiger partial charge is 0.131 e. The van der Waals surface area contributed by atoms with Gasteiger partial charge in [0, 0.05) is 28.6 Å². The maximum Gasteiger partial charge on any atom is 0.131 e. The van der Waals surface area contributed by atoms with Crippen LogP contribution in [0.1, 0.15) is 23.2 Å². The predicted octanol–water partition coefficient (Wildman–Crippen LogP) is 5.37. The van der Waals surface area contributed by atoms with Crippen LogP contribution in [0.2, 0.25) is 10.2 Å². The van der Waals surface area contributed by atoms with Crippen molar-refractivity contribution in [1.82, 2.24) is 9.97 Å². The average molecular weight is 424 g/mol. The average Bonchev–Trinajstić information content (AvgIpc) is 3.15. The Morgan fingerprint density at radius 2 is 2.17 bits per heavy atom. The largest absolute Gasteiger partial charge is 0.377 e. The summed E-state index contributed by atoms with van der Waals surface area (Å²) < 4.78 is 1.01. The van der Waals surface area contributed by atoms with E-state index in [4.69, 9.17) is 28.9 Å². The van der Waals surface area contributed by atoms with E-state index in [-0.39, 0.29) is 18.4 Å². The summed E-state index contributed by atoms with van der Waals surface area (Å²) in [4.78, 5) is 9.72. The number of fused-ring (bicyclic) bond motifs is 1. The molecule has 0 saturated heterocycles. The minimum Gasteiger partial charge on any atom is -0.377 e. The predicted molar refractivity (Wildman–Crippen MR) is 108 cm³/mol. The molecule has 9 heteroatoms. The number of hydrogen-bond donors (Lipinski definition) is 2. The molecular weight excluding hydrogens is 407 g/mol. The topological polar surface area (TPSA) is 63.8 Å². The van der Waals surface area contributed by atoms with Crippen LogP contribution in [0.4, 0.5) is 5.69 Å². The lowest BCUT2D eigenvalue weighted by Crippen LogP contribution is -2.20. The first-order valence-corrected chi connectivity index (χ1v) is 9.69. The summed E-state index contributed by atoms with van der Waals surface area (Å²) in [6.07, 6.45) is 3.46. The van der Waals surface area contributed by atoms with Crippen molar-refractivity contribution in [2.24, 2.45) is 5.73 Å². The van der Waals surface area contributed by atoms with Gasteiger partial charge in [0.05, 0.1) is 22.0 Å². The molecular formula is C15H17Cl3N4S2. The molecule has 3 N–H and O–H groups in total. The van der Waals surface area contributed by atoms with Gasteiger partial charge in [0.25, 0.3) is 0 Å². The molecule has 0 amide bonds. The molecule has 3 aromatic rings. The Hall–Kier alpha value is -0.630. The second-order valence-corrected chi connectivity index (χ2v) is 8.01. The Kier molecular flexibility index (Phi) is 7.10. The van der Waals surface area contributed by atoms with E-state index in [1.165, 1.54) is 0 Å². The molecule has 0 fully saturated rings. The number of nitrogens with two attached hydrogens (primary N) is 1. The number of rotatable bonds is 6. The maximum atomic E-state index is 6.50. The van der Waals surface area contributed by atoms with Crippen molar-refractivity contribution in [3.63, 3.8) is 0 Å². The van der Waals surface area contributed by atoms with Crippen LogP contribution in [-0.2, 0) is 13.0 Å². The second kappa shape index (κ2) is 8.65. The monoisotopic (exact) mass is 422 g/mol. The number of thiazole rings is 1. The van der Waals surface area contributed by atoms with Crippen LogP contribution in [0.25, 0.3) is 10.2 Å². The Labute approximate surface area is 164 Å². The normalized spacial score (nSPS) is 12.2. The summed E-state index contributed by atoms with van der Waals surface area (Å²) in [5.74, 6) is 0. The van der Waals surface area contributed by atoms with Gasteiger partial charge in [0.2, 0.25) is 0 Å². The highest BCUT2D eigenvalue weighted by Gasteiger charge is 2.17. The highest BCUT2D eigenvalue weighted by molar-refractivity contribution is 7.20. The summed E-state index contributed by atoms with van der Waals surface area (Å²) in [6.45, 7) is 2.72. The fraction of sp³-hybridized carbons (Fsp3) is 0.333. The number of nitrogens with one attached hydrogen (secondary N) is 1. The van der Waals surface area contributed by atoms with E-state index in [0.29, 0.717) is 16.7 Å². The summed E-state index contributed by atoms with van der Waals surface area (Å²) in [5, 5.41) is 7.44. The fourth-order valence-electron chi connectivity index (χ4n) is 2.21. The molecule has 0 spiro atoms. The first-order valence-electron chi connectivity index (χ1n) is 7.23. The highest BCUT2D eigenvalue weighted by Crippen LogP contribution is 2.40. The van der Waals surface area contributed by atoms with Crippen LogP contribution in [-0.4, -0.2) is 16.0 Å². The third-order valence-electron chi connectivity index (χ3n) is 3.51. The van der Waals surface area contributed by atoms with E-state index >= 15 is 0 Å². The molecule has 3 aromatic heterocycles. The molecule has 0 radical (unpaired) electrons. The summed E-state index contributed by atoms with van der Waals surface area (Å²) in [7, 11) is 0. The third-order valence-corrected chi connectivity index (χ3v) is 6.23. The second-order valence-electron chi connectivity index (χ2n) is 5.16. The molecule has 0 unspecified atom stereocenters. The Morgan fingerprint density at radius 1 is 1.38 bits per heavy atom. The van der Waals surface area contributed by atoms with Crippen molar-refractivity contribution in [3.8, 4) is 0 Å². The number of thiophene rings is 1. The van der Waals surface area contributed by atoms with Crippen molar-refractivity contribution in [2.45, 2.75) is 32.4 Å². The van der Waals surface area contributed by atoms with Gasteiger partial charge in [-0.05, 0) is 12.8 Å². The molecule has 3 heterocycles. The van der Waals surface area contributed by atoms with Gasteiger partial charge in [0.1, 0.15) is 15.7 Å². The van der Waals surface area contributed by atoms with Gasteiger partial charge in [-0.15, -0.1) is 35.1 Å². The molecule has 0 aliphatic rings. The van der Waals surface area contributed by atoms with Crippen LogP contribution in [0.5, 0.6) is 0 Å². The number of hydrogen-bond acceptors (Lipinski definition) is 6. The Morgan fingerprint density at radius 3 is 2.83 bits per heavy atom. The molecule has 0 aliphatic carbocycles. The van der Waals surface area contributed by atoms with E-state index in [9.17, 15) is 0 Å². The van der Waals surface area contributed by atoms with Crippen molar-refractivity contribution in [3.05, 3.63) is 37.7 Å². The van der Waals surface area contributed by atoms with Crippen molar-refractivity contribution >= 4 is 74.2 Å². The van der Waals surface area contributed by atoms with Crippen LogP contribution in [0.15, 0.2) is 17.6 Å². The van der Waals surface area contributed by atoms with E-state index in [1.54, 1.807) is 28.9 Å². The summed E-state index contributed by atoms with van der Waals surface area (Å²) in [6, 6.07) is 1.93. The van der Waals surface area contributed by atoms with Gasteiger partial charge in [-0.25, -0.2) is 9.97 Å². The van der Waals surface area contributed by atoms with Crippen LogP contribution in [0.3, 0.4) is 0 Å². The van der Waals surface area contributed by atoms with E-state index in [2.05, 4.69) is 22.2 Å². The molecule has 24 heavy (non-hydrogen) atoms. The van der Waals surface area contributed by atoms with Crippen molar-refractivity contribution < 1.29 is 0 Å². The number of pyridine rings is 1. The lowest BCUT2D eigenvalue weighted by molar-refractivity contribution is 0.652. The van der Waals surface area contributed by atoms with E-state index < -0.39 is 0 Å². The standard InChI is InChI=1S/C15H16Cl2N4S2.ClH/c1-2-8(18)5-10-13(17)14-15(23-10)9(6-11(16)21-14)20-7-12-19-3-4-22-12;/h3-4,6,8H,2,5,7,18H2,1H3,(H,20,21);1H/t8-;/m0./s1. The van der Waals surface area contributed by atoms with Crippen molar-refractivity contribution in [1.29, 1.82) is 0 Å². The minimum atomic E-state index is 0. The van der Waals surface area contributed by atoms with Gasteiger partial charge in [-0.3, -0.25) is 0 Å². The van der Waals surface area contributed by atoms with Gasteiger partial charge in [-0.1, -0.05) is 30.1 Å². The minimum absolute atomic E-state index is 0. The summed E-state index contributed by atoms with van der Waals surface area (Å²) >= 11 is 15.9. The van der Waals surface area contributed by atoms with Crippen LogP contribution < -0.4 is 11.1 Å². The lowest BCUT2D eigenvalue weighted by Gasteiger charge is -2.06. The number of nitrogens with zero attached hydrogens (tertiary/aromatic N) is 2. The SMILES string of the molecule is CC[C@H](N)Cc1sc2c(NCc3nccs3)cc(Cl)nc2c1Cl.Cl. The van der Waals surface area contributed by atoms with E-state index in [0.717, 1.165) is 38.6 Å². The van der Waals surface area contributed by atoms with E-state index in [1.807, 2.05) is 11.4 Å². The zero-order valence-electron chi connectivity index (χ0n) is 12.9. The molecule has 4 nitrogen and oxygen atoms in total. The molecule has 130 valence electrons. The summed E-state index contributed by atoms with van der Waals surface area (Å²) in [5.41, 5.74) is 7.73. The quantitative estimate of drug-likeness (QED) is 0.523. The molecule has 0 aliphatic heterocycles. The maximum absolute atomic E-state index is 6.50. The first kappa shape index (κ1) is 19.7. The third kappa shape index (κ3) is 4.31. The first-order chi connectivity index (χ1) is 11.1. The molecule has 0 aromatic carbocycles. The lowest BCUT2D eigenvalue weighted by atomic mass is 10.1. The van der Waals surface area contributed by atoms with Gasteiger partial charge < -0.3 is 11.1 Å². The van der Waals surface area contributed by atoms with Crippen molar-refractivity contribution in [2.75, 3.05) is 5.32 Å². The molecule has 3 rings (SSSR count). The van der Waals surface area contributed by atoms with Gasteiger partial charge in [0.15, 0.2) is 0 Å². The van der Waals surface area contributed by atoms with Crippen LogP contribution >= 0.6 is 58.3 Å². The molecule has 1 atom stereocenters. The van der Waals surface area contributed by atoms with Gasteiger partial charge in [-0.2, -0.15) is 0 Å². The number of anilines is 1. The fourth-order valence-corrected chi connectivity index (χ4v) is 4.56. The van der Waals surface area contributed by atoms with Gasteiger partial charge >= 0.3 is 0 Å². The molecule has 0 saturated carbocycles. The zero-order valence-corrected chi connectivity index (χ0v) is 16.8. The Bertz CT molecular complexity index is 805. The van der Waals surface area contributed by atoms with Crippen LogP contribution in [0, 0.1) is 0 Å². The Balaban J connectivity index is 0.00000208. The zero-order chi connectivity index (χ0) is 16.4. The highest BCUT2D eigenvalue weighted by atomic mass is 35.5.